The molecule has 2 rings (SSSR count). The van der Waals surface area contributed by atoms with Crippen LogP contribution in [-0.2, 0) is 13.6 Å². The number of methoxy groups -OCH3 is 1. The van der Waals surface area contributed by atoms with E-state index < -0.39 is 0 Å². The molecule has 1 atom stereocenters. The van der Waals surface area contributed by atoms with Crippen molar-refractivity contribution in [2.24, 2.45) is 12.0 Å². The summed E-state index contributed by atoms with van der Waals surface area (Å²) >= 11 is 0. The van der Waals surface area contributed by atoms with Gasteiger partial charge in [0.15, 0.2) is 5.96 Å². The Hall–Kier alpha value is -2.50. The maximum Gasteiger partial charge on any atom is 0.193 e. The summed E-state index contributed by atoms with van der Waals surface area (Å²) in [4.78, 5) is 6.48. The largest absolute Gasteiger partial charge is 0.497 e. The average Bonchev–Trinajstić information content (AvgIpc) is 3.03. The molecule has 1 N–H and O–H groups in total. The van der Waals surface area contributed by atoms with Crippen molar-refractivity contribution >= 4 is 5.96 Å². The SMILES string of the molecule is CN=C(NCCC(C)c1ccc(OC)cc1)N(C)Cc1cnn(C)c1. The predicted molar refractivity (Wildman–Crippen MR) is 102 cm³/mol. The van der Waals surface area contributed by atoms with Crippen molar-refractivity contribution in [2.75, 3.05) is 27.7 Å². The van der Waals surface area contributed by atoms with Crippen LogP contribution in [0.2, 0.25) is 0 Å². The molecule has 0 aliphatic rings. The van der Waals surface area contributed by atoms with E-state index in [1.807, 2.05) is 50.4 Å². The van der Waals surface area contributed by atoms with Crippen LogP contribution in [0.4, 0.5) is 0 Å². The number of nitrogens with one attached hydrogen (secondary N) is 1. The first-order chi connectivity index (χ1) is 12.0. The molecule has 0 amide bonds. The number of aryl methyl sites for hydroxylation is 1. The number of aliphatic imine (C=N–C) groups is 1. The molecule has 0 bridgehead atoms. The van der Waals surface area contributed by atoms with Gasteiger partial charge in [-0.15, -0.1) is 0 Å². The van der Waals surface area contributed by atoms with Gasteiger partial charge in [0.2, 0.25) is 0 Å². The first-order valence-electron chi connectivity index (χ1n) is 8.56. The van der Waals surface area contributed by atoms with Crippen LogP contribution in [0, 0.1) is 0 Å². The Kier molecular flexibility index (Phi) is 6.86. The summed E-state index contributed by atoms with van der Waals surface area (Å²) in [6.07, 6.45) is 4.94. The van der Waals surface area contributed by atoms with Crippen LogP contribution < -0.4 is 10.1 Å². The third-order valence-corrected chi connectivity index (χ3v) is 4.30. The summed E-state index contributed by atoms with van der Waals surface area (Å²) < 4.78 is 7.03. The number of hydrogen-bond donors (Lipinski definition) is 1. The highest BCUT2D eigenvalue weighted by Crippen LogP contribution is 2.21. The van der Waals surface area contributed by atoms with Crippen molar-refractivity contribution in [2.45, 2.75) is 25.8 Å². The van der Waals surface area contributed by atoms with E-state index in [1.54, 1.807) is 7.11 Å². The van der Waals surface area contributed by atoms with E-state index in [1.165, 1.54) is 11.1 Å². The van der Waals surface area contributed by atoms with E-state index in [2.05, 4.69) is 39.4 Å². The molecule has 6 nitrogen and oxygen atoms in total. The topological polar surface area (TPSA) is 54.7 Å². The molecule has 0 aliphatic heterocycles. The Bertz CT molecular complexity index is 677. The lowest BCUT2D eigenvalue weighted by molar-refractivity contribution is 0.414. The molecule has 1 unspecified atom stereocenters. The van der Waals surface area contributed by atoms with Gasteiger partial charge in [-0.05, 0) is 30.0 Å². The zero-order valence-corrected chi connectivity index (χ0v) is 15.9. The number of aromatic nitrogens is 2. The number of hydrogen-bond acceptors (Lipinski definition) is 3. The van der Waals surface area contributed by atoms with Crippen LogP contribution in [0.5, 0.6) is 5.75 Å². The Morgan fingerprint density at radius 2 is 2.08 bits per heavy atom. The number of nitrogens with zero attached hydrogens (tertiary/aromatic N) is 4. The van der Waals surface area contributed by atoms with E-state index in [9.17, 15) is 0 Å². The fourth-order valence-corrected chi connectivity index (χ4v) is 2.79. The van der Waals surface area contributed by atoms with Crippen molar-refractivity contribution < 1.29 is 4.74 Å². The maximum absolute atomic E-state index is 5.21. The zero-order chi connectivity index (χ0) is 18.2. The van der Waals surface area contributed by atoms with Crippen LogP contribution in [0.15, 0.2) is 41.7 Å². The van der Waals surface area contributed by atoms with Crippen LogP contribution in [0.3, 0.4) is 0 Å². The van der Waals surface area contributed by atoms with Gasteiger partial charge in [0.25, 0.3) is 0 Å². The summed E-state index contributed by atoms with van der Waals surface area (Å²) in [5.41, 5.74) is 2.49. The molecular weight excluding hydrogens is 314 g/mol. The number of ether oxygens (including phenoxy) is 1. The molecule has 2 aromatic rings. The molecular formula is C19H29N5O. The van der Waals surface area contributed by atoms with Crippen LogP contribution in [-0.4, -0.2) is 48.4 Å². The highest BCUT2D eigenvalue weighted by molar-refractivity contribution is 5.79. The average molecular weight is 343 g/mol. The molecule has 1 aromatic heterocycles. The van der Waals surface area contributed by atoms with E-state index in [4.69, 9.17) is 4.74 Å². The lowest BCUT2D eigenvalue weighted by Crippen LogP contribution is -2.39. The Morgan fingerprint density at radius 1 is 1.36 bits per heavy atom. The van der Waals surface area contributed by atoms with Crippen LogP contribution in [0.1, 0.15) is 30.4 Å². The summed E-state index contributed by atoms with van der Waals surface area (Å²) in [5, 5.41) is 7.65. The van der Waals surface area contributed by atoms with E-state index in [0.29, 0.717) is 5.92 Å². The molecule has 136 valence electrons. The quantitative estimate of drug-likeness (QED) is 0.620. The van der Waals surface area contributed by atoms with Gasteiger partial charge in [-0.3, -0.25) is 9.67 Å². The lowest BCUT2D eigenvalue weighted by Gasteiger charge is -2.22. The maximum atomic E-state index is 5.21. The number of guanidine groups is 1. The minimum atomic E-state index is 0.472. The monoisotopic (exact) mass is 343 g/mol. The van der Waals surface area contributed by atoms with Gasteiger partial charge >= 0.3 is 0 Å². The minimum absolute atomic E-state index is 0.472. The third kappa shape index (κ3) is 5.52. The van der Waals surface area contributed by atoms with Gasteiger partial charge in [0.05, 0.1) is 13.3 Å². The van der Waals surface area contributed by atoms with Crippen molar-refractivity contribution in [3.05, 3.63) is 47.8 Å². The summed E-state index contributed by atoms with van der Waals surface area (Å²) in [5.74, 6) is 2.26. The molecule has 0 saturated heterocycles. The molecule has 0 fully saturated rings. The first-order valence-corrected chi connectivity index (χ1v) is 8.56. The molecule has 25 heavy (non-hydrogen) atoms. The molecule has 0 saturated carbocycles. The first kappa shape index (κ1) is 18.8. The highest BCUT2D eigenvalue weighted by Gasteiger charge is 2.10. The van der Waals surface area contributed by atoms with Gasteiger partial charge < -0.3 is 15.0 Å². The molecule has 0 spiro atoms. The fraction of sp³-hybridized carbons (Fsp3) is 0.474. The number of benzene rings is 1. The van der Waals surface area contributed by atoms with E-state index >= 15 is 0 Å². The number of rotatable bonds is 7. The summed E-state index contributed by atoms with van der Waals surface area (Å²) in [6.45, 7) is 3.89. The van der Waals surface area contributed by atoms with Crippen molar-refractivity contribution in [1.82, 2.24) is 20.0 Å². The minimum Gasteiger partial charge on any atom is -0.497 e. The van der Waals surface area contributed by atoms with Crippen LogP contribution in [0.25, 0.3) is 0 Å². The second kappa shape index (κ2) is 9.11. The predicted octanol–water partition coefficient (Wildman–Crippen LogP) is 2.63. The van der Waals surface area contributed by atoms with Crippen molar-refractivity contribution in [3.8, 4) is 5.75 Å². The second-order valence-corrected chi connectivity index (χ2v) is 6.32. The van der Waals surface area contributed by atoms with Crippen molar-refractivity contribution in [3.63, 3.8) is 0 Å². The molecule has 1 heterocycles. The van der Waals surface area contributed by atoms with Crippen LogP contribution >= 0.6 is 0 Å². The van der Waals surface area contributed by atoms with Gasteiger partial charge in [-0.2, -0.15) is 5.10 Å². The molecule has 0 radical (unpaired) electrons. The van der Waals surface area contributed by atoms with Gasteiger partial charge in [-0.25, -0.2) is 0 Å². The second-order valence-electron chi connectivity index (χ2n) is 6.32. The van der Waals surface area contributed by atoms with Gasteiger partial charge in [0.1, 0.15) is 5.75 Å². The Labute approximate surface area is 150 Å². The Morgan fingerprint density at radius 3 is 2.64 bits per heavy atom. The zero-order valence-electron chi connectivity index (χ0n) is 15.9. The van der Waals surface area contributed by atoms with E-state index in [0.717, 1.165) is 31.2 Å². The summed E-state index contributed by atoms with van der Waals surface area (Å²) in [6, 6.07) is 8.29. The Balaban J connectivity index is 1.81. The molecule has 0 aliphatic carbocycles. The molecule has 1 aromatic carbocycles. The normalized spacial score (nSPS) is 12.8. The summed E-state index contributed by atoms with van der Waals surface area (Å²) in [7, 11) is 7.47. The van der Waals surface area contributed by atoms with Gasteiger partial charge in [0, 0.05) is 46.0 Å². The lowest BCUT2D eigenvalue weighted by atomic mass is 9.98. The third-order valence-electron chi connectivity index (χ3n) is 4.30. The fourth-order valence-electron chi connectivity index (χ4n) is 2.79. The molecule has 6 heteroatoms. The smallest absolute Gasteiger partial charge is 0.193 e. The van der Waals surface area contributed by atoms with E-state index in [-0.39, 0.29) is 0 Å². The highest BCUT2D eigenvalue weighted by atomic mass is 16.5. The standard InChI is InChI=1S/C19H29N5O/c1-15(17-6-8-18(25-5)9-7-17)10-11-21-19(20-2)23(3)13-16-12-22-24(4)14-16/h6-9,12,14-15H,10-11,13H2,1-5H3,(H,20,21). The van der Waals surface area contributed by atoms with Gasteiger partial charge in [-0.1, -0.05) is 19.1 Å². The van der Waals surface area contributed by atoms with Crippen molar-refractivity contribution in [1.29, 1.82) is 0 Å².